The molecule has 1 saturated carbocycles. The smallest absolute Gasteiger partial charge is 0.314 e. The Labute approximate surface area is 100 Å². The first-order valence-electron chi connectivity index (χ1n) is 5.85. The van der Waals surface area contributed by atoms with Gasteiger partial charge in [-0.3, -0.25) is 4.79 Å². The molecule has 0 spiro atoms. The molecule has 0 saturated heterocycles. The molecule has 0 heterocycles. The first-order valence-corrected chi connectivity index (χ1v) is 5.85. The average Bonchev–Trinajstić information content (AvgIpc) is 2.57. The minimum absolute atomic E-state index is 0.0345. The summed E-state index contributed by atoms with van der Waals surface area (Å²) in [6, 6.07) is 5.88. The van der Waals surface area contributed by atoms with Crippen LogP contribution in [0.25, 0.3) is 0 Å². The highest BCUT2D eigenvalue weighted by molar-refractivity contribution is 5.82. The van der Waals surface area contributed by atoms with Crippen LogP contribution in [0.1, 0.15) is 38.7 Å². The lowest BCUT2D eigenvalue weighted by molar-refractivity contribution is -0.144. The summed E-state index contributed by atoms with van der Waals surface area (Å²) in [5.41, 5.74) is -0.0822. The van der Waals surface area contributed by atoms with Gasteiger partial charge in [0.15, 0.2) is 0 Å². The molecular weight excluding hydrogens is 219 g/mol. The third-order valence-electron chi connectivity index (χ3n) is 3.82. The zero-order valence-corrected chi connectivity index (χ0v) is 10.2. The standard InChI is InChI=1S/C14H17FO2/c1-13(2)7-8-14(9-13,12(16)17)10-3-5-11(15)6-4-10/h3-6H,7-9H2,1-2H3,(H,16,17). The predicted molar refractivity (Wildman–Crippen MR) is 63.3 cm³/mol. The lowest BCUT2D eigenvalue weighted by Crippen LogP contribution is -2.34. The summed E-state index contributed by atoms with van der Waals surface area (Å²) in [6.45, 7) is 4.17. The topological polar surface area (TPSA) is 37.3 Å². The van der Waals surface area contributed by atoms with Crippen LogP contribution in [0.3, 0.4) is 0 Å². The van der Waals surface area contributed by atoms with Crippen LogP contribution >= 0.6 is 0 Å². The van der Waals surface area contributed by atoms with Crippen LogP contribution in [0.4, 0.5) is 4.39 Å². The van der Waals surface area contributed by atoms with E-state index in [4.69, 9.17) is 0 Å². The van der Waals surface area contributed by atoms with E-state index in [1.54, 1.807) is 12.1 Å². The van der Waals surface area contributed by atoms with Crippen molar-refractivity contribution in [3.63, 3.8) is 0 Å². The van der Waals surface area contributed by atoms with E-state index in [0.29, 0.717) is 12.8 Å². The Morgan fingerprint density at radius 1 is 1.24 bits per heavy atom. The van der Waals surface area contributed by atoms with Crippen molar-refractivity contribution in [1.29, 1.82) is 0 Å². The SMILES string of the molecule is CC1(C)CCC(C(=O)O)(c2ccc(F)cc2)C1. The molecule has 2 nitrogen and oxygen atoms in total. The molecule has 1 atom stereocenters. The molecule has 1 N–H and O–H groups in total. The van der Waals surface area contributed by atoms with E-state index in [0.717, 1.165) is 12.0 Å². The Bertz CT molecular complexity index is 436. The van der Waals surface area contributed by atoms with E-state index in [1.807, 2.05) is 0 Å². The Kier molecular flexibility index (Phi) is 2.72. The van der Waals surface area contributed by atoms with Gasteiger partial charge in [-0.15, -0.1) is 0 Å². The van der Waals surface area contributed by atoms with Crippen molar-refractivity contribution in [1.82, 2.24) is 0 Å². The molecule has 1 aromatic rings. The Morgan fingerprint density at radius 2 is 1.82 bits per heavy atom. The molecule has 1 aliphatic carbocycles. The number of halogens is 1. The maximum absolute atomic E-state index is 12.9. The minimum atomic E-state index is -0.836. The van der Waals surface area contributed by atoms with Crippen LogP contribution in [0.2, 0.25) is 0 Å². The quantitative estimate of drug-likeness (QED) is 0.854. The summed E-state index contributed by atoms with van der Waals surface area (Å²) < 4.78 is 12.9. The third-order valence-corrected chi connectivity index (χ3v) is 3.82. The maximum atomic E-state index is 12.9. The van der Waals surface area contributed by atoms with Gasteiger partial charge in [0.05, 0.1) is 5.41 Å². The fourth-order valence-corrected chi connectivity index (χ4v) is 2.87. The lowest BCUT2D eigenvalue weighted by atomic mass is 9.76. The first-order chi connectivity index (χ1) is 7.86. The molecule has 0 bridgehead atoms. The number of carboxylic acid groups (broad SMARTS) is 1. The van der Waals surface area contributed by atoms with E-state index < -0.39 is 11.4 Å². The molecule has 1 unspecified atom stereocenters. The van der Waals surface area contributed by atoms with Gasteiger partial charge in [0.1, 0.15) is 5.82 Å². The minimum Gasteiger partial charge on any atom is -0.481 e. The van der Waals surface area contributed by atoms with Crippen LogP contribution in [0.5, 0.6) is 0 Å². The van der Waals surface area contributed by atoms with Crippen molar-refractivity contribution >= 4 is 5.97 Å². The molecule has 0 amide bonds. The van der Waals surface area contributed by atoms with Crippen molar-refractivity contribution in [3.05, 3.63) is 35.6 Å². The molecule has 2 rings (SSSR count). The van der Waals surface area contributed by atoms with Crippen LogP contribution < -0.4 is 0 Å². The molecule has 1 aromatic carbocycles. The van der Waals surface area contributed by atoms with Gasteiger partial charge in [0.2, 0.25) is 0 Å². The molecule has 0 aromatic heterocycles. The number of hydrogen-bond acceptors (Lipinski definition) is 1. The van der Waals surface area contributed by atoms with Gasteiger partial charge in [0.25, 0.3) is 0 Å². The normalized spacial score (nSPS) is 27.0. The molecule has 17 heavy (non-hydrogen) atoms. The third kappa shape index (κ3) is 2.06. The molecule has 0 aliphatic heterocycles. The van der Waals surface area contributed by atoms with E-state index in [-0.39, 0.29) is 11.2 Å². The number of hydrogen-bond donors (Lipinski definition) is 1. The maximum Gasteiger partial charge on any atom is 0.314 e. The fraction of sp³-hybridized carbons (Fsp3) is 0.500. The monoisotopic (exact) mass is 236 g/mol. The highest BCUT2D eigenvalue weighted by atomic mass is 19.1. The van der Waals surface area contributed by atoms with Gasteiger partial charge in [-0.1, -0.05) is 26.0 Å². The second kappa shape index (κ2) is 3.83. The average molecular weight is 236 g/mol. The summed E-state index contributed by atoms with van der Waals surface area (Å²) in [5.74, 6) is -1.12. The Hall–Kier alpha value is -1.38. The highest BCUT2D eigenvalue weighted by Gasteiger charge is 2.49. The van der Waals surface area contributed by atoms with Gasteiger partial charge >= 0.3 is 5.97 Å². The van der Waals surface area contributed by atoms with Crippen molar-refractivity contribution in [2.24, 2.45) is 5.41 Å². The Morgan fingerprint density at radius 3 is 2.24 bits per heavy atom. The van der Waals surface area contributed by atoms with E-state index in [2.05, 4.69) is 13.8 Å². The lowest BCUT2D eigenvalue weighted by Gasteiger charge is -2.27. The molecule has 92 valence electrons. The summed E-state index contributed by atoms with van der Waals surface area (Å²) in [7, 11) is 0. The van der Waals surface area contributed by atoms with Crippen molar-refractivity contribution in [3.8, 4) is 0 Å². The zero-order chi connectivity index (χ0) is 12.7. The highest BCUT2D eigenvalue weighted by Crippen LogP contribution is 2.50. The summed E-state index contributed by atoms with van der Waals surface area (Å²) >= 11 is 0. The van der Waals surface area contributed by atoms with Gasteiger partial charge in [-0.2, -0.15) is 0 Å². The van der Waals surface area contributed by atoms with E-state index in [9.17, 15) is 14.3 Å². The number of benzene rings is 1. The van der Waals surface area contributed by atoms with Crippen molar-refractivity contribution in [2.75, 3.05) is 0 Å². The van der Waals surface area contributed by atoms with E-state index >= 15 is 0 Å². The molecule has 1 fully saturated rings. The zero-order valence-electron chi connectivity index (χ0n) is 10.2. The molecule has 0 radical (unpaired) electrons. The first kappa shape index (κ1) is 12.1. The van der Waals surface area contributed by atoms with Crippen LogP contribution in [0.15, 0.2) is 24.3 Å². The summed E-state index contributed by atoms with van der Waals surface area (Å²) in [4.78, 5) is 11.6. The number of rotatable bonds is 2. The van der Waals surface area contributed by atoms with Crippen molar-refractivity contribution in [2.45, 2.75) is 38.5 Å². The van der Waals surface area contributed by atoms with E-state index in [1.165, 1.54) is 12.1 Å². The number of carboxylic acids is 1. The predicted octanol–water partition coefficient (Wildman–Crippen LogP) is 3.36. The number of aliphatic carboxylic acids is 1. The van der Waals surface area contributed by atoms with Crippen molar-refractivity contribution < 1.29 is 14.3 Å². The van der Waals surface area contributed by atoms with Crippen LogP contribution in [-0.2, 0) is 10.2 Å². The summed E-state index contributed by atoms with van der Waals surface area (Å²) in [6.07, 6.45) is 2.12. The Balaban J connectivity index is 2.43. The molecular formula is C14H17FO2. The van der Waals surface area contributed by atoms with Gasteiger partial charge in [0, 0.05) is 0 Å². The molecule has 1 aliphatic rings. The number of carbonyl (C=O) groups is 1. The van der Waals surface area contributed by atoms with Crippen LogP contribution in [-0.4, -0.2) is 11.1 Å². The molecule has 3 heteroatoms. The largest absolute Gasteiger partial charge is 0.481 e. The second-order valence-electron chi connectivity index (χ2n) is 5.74. The fourth-order valence-electron chi connectivity index (χ4n) is 2.87. The second-order valence-corrected chi connectivity index (χ2v) is 5.74. The summed E-state index contributed by atoms with van der Waals surface area (Å²) in [5, 5.41) is 9.52. The van der Waals surface area contributed by atoms with Gasteiger partial charge in [-0.25, -0.2) is 4.39 Å². The van der Waals surface area contributed by atoms with Gasteiger partial charge in [-0.05, 0) is 42.4 Å². The van der Waals surface area contributed by atoms with Crippen LogP contribution in [0, 0.1) is 11.2 Å². The van der Waals surface area contributed by atoms with Gasteiger partial charge < -0.3 is 5.11 Å².